The Morgan fingerprint density at radius 1 is 1.41 bits per heavy atom. The lowest BCUT2D eigenvalue weighted by Gasteiger charge is -2.32. The van der Waals surface area contributed by atoms with E-state index >= 15 is 0 Å². The van der Waals surface area contributed by atoms with Crippen molar-refractivity contribution in [3.8, 4) is 0 Å². The van der Waals surface area contributed by atoms with Crippen LogP contribution >= 0.6 is 0 Å². The van der Waals surface area contributed by atoms with Gasteiger partial charge in [0.25, 0.3) is 0 Å². The van der Waals surface area contributed by atoms with Crippen molar-refractivity contribution in [3.63, 3.8) is 0 Å². The molecule has 1 N–H and O–H groups in total. The van der Waals surface area contributed by atoms with Gasteiger partial charge in [-0.05, 0) is 18.3 Å². The third kappa shape index (κ3) is 4.27. The molecule has 1 aliphatic heterocycles. The van der Waals surface area contributed by atoms with Crippen molar-refractivity contribution >= 4 is 16.0 Å². The van der Waals surface area contributed by atoms with Crippen LogP contribution in [0.25, 0.3) is 0 Å². The SMILES string of the molecule is CC(C)(C)CS(=O)(=O)N1CCC[C@@H](C(=O)O)C1. The Hall–Kier alpha value is -0.620. The van der Waals surface area contributed by atoms with Crippen LogP contribution in [-0.2, 0) is 14.8 Å². The highest BCUT2D eigenvalue weighted by atomic mass is 32.2. The highest BCUT2D eigenvalue weighted by molar-refractivity contribution is 7.89. The number of hydrogen-bond donors (Lipinski definition) is 1. The Labute approximate surface area is 103 Å². The van der Waals surface area contributed by atoms with E-state index in [9.17, 15) is 13.2 Å². The topological polar surface area (TPSA) is 74.7 Å². The van der Waals surface area contributed by atoms with Crippen molar-refractivity contribution in [2.45, 2.75) is 33.6 Å². The molecule has 1 rings (SSSR count). The van der Waals surface area contributed by atoms with E-state index in [1.54, 1.807) is 0 Å². The van der Waals surface area contributed by atoms with E-state index < -0.39 is 21.9 Å². The molecule has 0 bridgehead atoms. The van der Waals surface area contributed by atoms with E-state index in [2.05, 4.69) is 0 Å². The summed E-state index contributed by atoms with van der Waals surface area (Å²) in [5.74, 6) is -1.40. The lowest BCUT2D eigenvalue weighted by Crippen LogP contribution is -2.44. The summed E-state index contributed by atoms with van der Waals surface area (Å²) < 4.78 is 25.5. The maximum Gasteiger partial charge on any atom is 0.307 e. The molecular weight excluding hydrogens is 242 g/mol. The van der Waals surface area contributed by atoms with Gasteiger partial charge in [0, 0.05) is 13.1 Å². The van der Waals surface area contributed by atoms with Crippen molar-refractivity contribution in [1.29, 1.82) is 0 Å². The summed E-state index contributed by atoms with van der Waals surface area (Å²) in [5.41, 5.74) is -0.311. The highest BCUT2D eigenvalue weighted by Crippen LogP contribution is 2.24. The molecule has 0 unspecified atom stereocenters. The van der Waals surface area contributed by atoms with Gasteiger partial charge in [-0.15, -0.1) is 0 Å². The van der Waals surface area contributed by atoms with Crippen molar-refractivity contribution in [2.24, 2.45) is 11.3 Å². The first kappa shape index (κ1) is 14.4. The normalized spacial score (nSPS) is 23.6. The largest absolute Gasteiger partial charge is 0.481 e. The molecule has 5 nitrogen and oxygen atoms in total. The zero-order valence-corrected chi connectivity index (χ0v) is 11.5. The van der Waals surface area contributed by atoms with Gasteiger partial charge in [-0.2, -0.15) is 0 Å². The third-order valence-electron chi connectivity index (χ3n) is 2.74. The monoisotopic (exact) mass is 263 g/mol. The number of rotatable bonds is 3. The van der Waals surface area contributed by atoms with Crippen molar-refractivity contribution in [1.82, 2.24) is 4.31 Å². The number of carbonyl (C=O) groups is 1. The third-order valence-corrected chi connectivity index (χ3v) is 5.09. The first-order valence-corrected chi connectivity index (χ1v) is 7.43. The zero-order chi connectivity index (χ0) is 13.3. The predicted molar refractivity (Wildman–Crippen MR) is 65.2 cm³/mol. The van der Waals surface area contributed by atoms with Gasteiger partial charge >= 0.3 is 5.97 Å². The zero-order valence-electron chi connectivity index (χ0n) is 10.6. The summed E-state index contributed by atoms with van der Waals surface area (Å²) in [4.78, 5) is 10.9. The Morgan fingerprint density at radius 3 is 2.47 bits per heavy atom. The van der Waals surface area contributed by atoms with Crippen LogP contribution in [0.3, 0.4) is 0 Å². The molecule has 100 valence electrons. The molecule has 0 radical (unpaired) electrons. The van der Waals surface area contributed by atoms with E-state index in [0.29, 0.717) is 19.4 Å². The number of carboxylic acid groups (broad SMARTS) is 1. The van der Waals surface area contributed by atoms with Crippen LogP contribution in [0.15, 0.2) is 0 Å². The summed E-state index contributed by atoms with van der Waals surface area (Å²) in [6.45, 7) is 6.16. The molecule has 1 aliphatic rings. The molecule has 0 aliphatic carbocycles. The van der Waals surface area contributed by atoms with Crippen LogP contribution in [0.1, 0.15) is 33.6 Å². The summed E-state index contributed by atoms with van der Waals surface area (Å²) >= 11 is 0. The quantitative estimate of drug-likeness (QED) is 0.829. The fourth-order valence-corrected chi connectivity index (χ4v) is 4.13. The Morgan fingerprint density at radius 2 is 2.00 bits per heavy atom. The molecular formula is C11H21NO4S. The number of sulfonamides is 1. The Kier molecular flexibility index (Phi) is 4.19. The van der Waals surface area contributed by atoms with Gasteiger partial charge in [-0.25, -0.2) is 12.7 Å². The first-order chi connectivity index (χ1) is 7.62. The highest BCUT2D eigenvalue weighted by Gasteiger charge is 2.34. The van der Waals surface area contributed by atoms with Crippen LogP contribution in [-0.4, -0.2) is 42.6 Å². The van der Waals surface area contributed by atoms with E-state index in [4.69, 9.17) is 5.11 Å². The number of nitrogens with zero attached hydrogens (tertiary/aromatic N) is 1. The number of carboxylic acids is 1. The molecule has 0 saturated carbocycles. The molecule has 6 heteroatoms. The van der Waals surface area contributed by atoms with Gasteiger partial charge in [0.15, 0.2) is 0 Å². The summed E-state index contributed by atoms with van der Waals surface area (Å²) in [6.07, 6.45) is 1.19. The fraction of sp³-hybridized carbons (Fsp3) is 0.909. The van der Waals surface area contributed by atoms with Gasteiger partial charge in [-0.3, -0.25) is 4.79 Å². The van der Waals surface area contributed by atoms with Crippen molar-refractivity contribution in [3.05, 3.63) is 0 Å². The minimum absolute atomic E-state index is 0.0618. The maximum absolute atomic E-state index is 12.1. The van der Waals surface area contributed by atoms with E-state index in [0.717, 1.165) is 0 Å². The standard InChI is InChI=1S/C11H21NO4S/c1-11(2,3)8-17(15,16)12-6-4-5-9(7-12)10(13)14/h9H,4-8H2,1-3H3,(H,13,14)/t9-/m1/s1. The molecule has 1 fully saturated rings. The Bertz CT molecular complexity index is 383. The molecule has 0 amide bonds. The second kappa shape index (κ2) is 4.94. The smallest absolute Gasteiger partial charge is 0.307 e. The first-order valence-electron chi connectivity index (χ1n) is 5.82. The summed E-state index contributed by atoms with van der Waals surface area (Å²) in [6, 6.07) is 0. The summed E-state index contributed by atoms with van der Waals surface area (Å²) in [7, 11) is -3.34. The average Bonchev–Trinajstić information content (AvgIpc) is 2.14. The molecule has 0 aromatic carbocycles. The van der Waals surface area contributed by atoms with Gasteiger partial charge in [0.05, 0.1) is 11.7 Å². The molecule has 0 aromatic heterocycles. The van der Waals surface area contributed by atoms with Crippen molar-refractivity contribution in [2.75, 3.05) is 18.8 Å². The molecule has 0 aromatic rings. The summed E-state index contributed by atoms with van der Waals surface area (Å²) in [5, 5.41) is 8.93. The second-order valence-corrected chi connectivity index (χ2v) is 7.82. The van der Waals surface area contributed by atoms with Gasteiger partial charge in [-0.1, -0.05) is 20.8 Å². The molecule has 1 atom stereocenters. The van der Waals surface area contributed by atoms with Gasteiger partial charge in [0.2, 0.25) is 10.0 Å². The second-order valence-electron chi connectivity index (χ2n) is 5.85. The number of piperidine rings is 1. The molecule has 1 saturated heterocycles. The van der Waals surface area contributed by atoms with Crippen LogP contribution in [0, 0.1) is 11.3 Å². The Balaban J connectivity index is 2.75. The van der Waals surface area contributed by atoms with Gasteiger partial charge < -0.3 is 5.11 Å². The molecule has 1 heterocycles. The lowest BCUT2D eigenvalue weighted by atomic mass is 10.0. The van der Waals surface area contributed by atoms with Crippen LogP contribution in [0.5, 0.6) is 0 Å². The fourth-order valence-electron chi connectivity index (χ4n) is 2.04. The van der Waals surface area contributed by atoms with E-state index in [1.165, 1.54) is 4.31 Å². The number of aliphatic carboxylic acids is 1. The van der Waals surface area contributed by atoms with Crippen LogP contribution in [0.2, 0.25) is 0 Å². The average molecular weight is 263 g/mol. The van der Waals surface area contributed by atoms with Crippen LogP contribution < -0.4 is 0 Å². The lowest BCUT2D eigenvalue weighted by molar-refractivity contribution is -0.142. The minimum Gasteiger partial charge on any atom is -0.481 e. The van der Waals surface area contributed by atoms with Crippen molar-refractivity contribution < 1.29 is 18.3 Å². The van der Waals surface area contributed by atoms with E-state index in [1.807, 2.05) is 20.8 Å². The van der Waals surface area contributed by atoms with Crippen LogP contribution in [0.4, 0.5) is 0 Å². The number of hydrogen-bond acceptors (Lipinski definition) is 3. The van der Waals surface area contributed by atoms with E-state index in [-0.39, 0.29) is 17.7 Å². The maximum atomic E-state index is 12.1. The predicted octanol–water partition coefficient (Wildman–Crippen LogP) is 1.16. The molecule has 0 spiro atoms. The minimum atomic E-state index is -3.34. The van der Waals surface area contributed by atoms with Gasteiger partial charge in [0.1, 0.15) is 0 Å². The molecule has 17 heavy (non-hydrogen) atoms.